The number of rotatable bonds is 5. The third-order valence-electron chi connectivity index (χ3n) is 4.73. The number of nitrogens with one attached hydrogen (secondary N) is 1. The number of hydrogen-bond donors (Lipinski definition) is 2. The summed E-state index contributed by atoms with van der Waals surface area (Å²) in [4.78, 5) is 0. The van der Waals surface area contributed by atoms with Crippen LogP contribution in [0.15, 0.2) is 18.2 Å². The lowest BCUT2D eigenvalue weighted by Crippen LogP contribution is -2.48. The smallest absolute Gasteiger partial charge is 0.0495 e. The van der Waals surface area contributed by atoms with Gasteiger partial charge in [-0.3, -0.25) is 0 Å². The molecule has 0 saturated heterocycles. The fourth-order valence-corrected chi connectivity index (χ4v) is 3.46. The van der Waals surface area contributed by atoms with E-state index in [0.717, 1.165) is 22.2 Å². The van der Waals surface area contributed by atoms with Gasteiger partial charge in [-0.25, -0.2) is 0 Å². The van der Waals surface area contributed by atoms with Gasteiger partial charge in [-0.15, -0.1) is 0 Å². The maximum Gasteiger partial charge on any atom is 0.0495 e. The summed E-state index contributed by atoms with van der Waals surface area (Å²) in [5, 5.41) is 4.49. The molecular weight excluding hydrogens is 268 g/mol. The van der Waals surface area contributed by atoms with Crippen LogP contribution < -0.4 is 11.1 Å². The van der Waals surface area contributed by atoms with Crippen LogP contribution in [0.25, 0.3) is 0 Å². The second kappa shape index (κ2) is 6.82. The van der Waals surface area contributed by atoms with Crippen molar-refractivity contribution >= 4 is 17.3 Å². The molecule has 0 atom stereocenters. The summed E-state index contributed by atoms with van der Waals surface area (Å²) in [6.45, 7) is 5.00. The van der Waals surface area contributed by atoms with Crippen molar-refractivity contribution in [3.8, 4) is 0 Å². The van der Waals surface area contributed by atoms with Crippen LogP contribution >= 0.6 is 11.6 Å². The van der Waals surface area contributed by atoms with E-state index in [-0.39, 0.29) is 5.54 Å². The lowest BCUT2D eigenvalue weighted by Gasteiger charge is -2.41. The van der Waals surface area contributed by atoms with Crippen molar-refractivity contribution in [2.75, 3.05) is 11.9 Å². The number of anilines is 1. The van der Waals surface area contributed by atoms with Gasteiger partial charge in [0.05, 0.1) is 0 Å². The van der Waals surface area contributed by atoms with Crippen molar-refractivity contribution in [1.82, 2.24) is 0 Å². The maximum atomic E-state index is 6.21. The van der Waals surface area contributed by atoms with Gasteiger partial charge in [0.15, 0.2) is 0 Å². The number of benzene rings is 1. The largest absolute Gasteiger partial charge is 0.378 e. The average molecular weight is 295 g/mol. The zero-order valence-electron chi connectivity index (χ0n) is 12.7. The van der Waals surface area contributed by atoms with Crippen LogP contribution in [0, 0.1) is 12.8 Å². The lowest BCUT2D eigenvalue weighted by atomic mass is 9.75. The first-order chi connectivity index (χ1) is 9.58. The molecule has 0 aliphatic heterocycles. The molecule has 1 aliphatic rings. The zero-order chi connectivity index (χ0) is 14.6. The Morgan fingerprint density at radius 1 is 1.35 bits per heavy atom. The standard InChI is InChI=1S/C17H27ClN2/c1-3-4-14-7-9-17(12-19,10-8-14)20-15-6-5-13(2)16(18)11-15/h5-6,11,14,20H,3-4,7-10,12,19H2,1-2H3. The third-order valence-corrected chi connectivity index (χ3v) is 5.14. The average Bonchev–Trinajstić information content (AvgIpc) is 2.46. The molecule has 3 heteroatoms. The molecule has 0 unspecified atom stereocenters. The van der Waals surface area contributed by atoms with E-state index in [1.807, 2.05) is 13.0 Å². The predicted octanol–water partition coefficient (Wildman–Crippen LogP) is 4.75. The van der Waals surface area contributed by atoms with Crippen molar-refractivity contribution in [1.29, 1.82) is 0 Å². The summed E-state index contributed by atoms with van der Waals surface area (Å²) in [5.41, 5.74) is 8.35. The van der Waals surface area contributed by atoms with Crippen molar-refractivity contribution in [3.63, 3.8) is 0 Å². The summed E-state index contributed by atoms with van der Waals surface area (Å²) in [5.74, 6) is 0.892. The minimum atomic E-state index is 0.0584. The van der Waals surface area contributed by atoms with Gasteiger partial charge in [0.25, 0.3) is 0 Å². The minimum absolute atomic E-state index is 0.0584. The molecule has 1 aliphatic carbocycles. The molecule has 1 fully saturated rings. The summed E-state index contributed by atoms with van der Waals surface area (Å²) < 4.78 is 0. The third kappa shape index (κ3) is 3.67. The normalized spacial score (nSPS) is 26.5. The first-order valence-electron chi connectivity index (χ1n) is 7.83. The Morgan fingerprint density at radius 3 is 2.60 bits per heavy atom. The SMILES string of the molecule is CCCC1CCC(CN)(Nc2ccc(C)c(Cl)c2)CC1. The number of aryl methyl sites for hydroxylation is 1. The monoisotopic (exact) mass is 294 g/mol. The van der Waals surface area contributed by atoms with E-state index in [1.54, 1.807) is 0 Å². The van der Waals surface area contributed by atoms with Crippen LogP contribution in [0.1, 0.15) is 51.0 Å². The van der Waals surface area contributed by atoms with Crippen LogP contribution in [-0.2, 0) is 0 Å². The highest BCUT2D eigenvalue weighted by Crippen LogP contribution is 2.36. The highest BCUT2D eigenvalue weighted by atomic mass is 35.5. The Kier molecular flexibility index (Phi) is 5.34. The topological polar surface area (TPSA) is 38.0 Å². The molecular formula is C17H27ClN2. The first-order valence-corrected chi connectivity index (χ1v) is 8.21. The highest BCUT2D eigenvalue weighted by molar-refractivity contribution is 6.31. The molecule has 20 heavy (non-hydrogen) atoms. The van der Waals surface area contributed by atoms with Crippen LogP contribution in [0.4, 0.5) is 5.69 Å². The van der Waals surface area contributed by atoms with Crippen LogP contribution in [0.2, 0.25) is 5.02 Å². The first kappa shape index (κ1) is 15.7. The van der Waals surface area contributed by atoms with Crippen LogP contribution in [0.5, 0.6) is 0 Å². The van der Waals surface area contributed by atoms with Gasteiger partial charge in [-0.1, -0.05) is 37.4 Å². The Hall–Kier alpha value is -0.730. The molecule has 2 rings (SSSR count). The Balaban J connectivity index is 2.03. The fourth-order valence-electron chi connectivity index (χ4n) is 3.28. The molecule has 3 N–H and O–H groups in total. The molecule has 0 bridgehead atoms. The second-order valence-corrected chi connectivity index (χ2v) is 6.71. The van der Waals surface area contributed by atoms with Gasteiger partial charge in [-0.05, 0) is 56.2 Å². The molecule has 0 amide bonds. The van der Waals surface area contributed by atoms with Gasteiger partial charge in [0, 0.05) is 22.8 Å². The molecule has 1 aromatic carbocycles. The van der Waals surface area contributed by atoms with E-state index in [4.69, 9.17) is 17.3 Å². The van der Waals surface area contributed by atoms with Crippen LogP contribution in [0.3, 0.4) is 0 Å². The number of hydrogen-bond acceptors (Lipinski definition) is 2. The van der Waals surface area contributed by atoms with Gasteiger partial charge in [0.1, 0.15) is 0 Å². The predicted molar refractivity (Wildman–Crippen MR) is 88.5 cm³/mol. The van der Waals surface area contributed by atoms with E-state index < -0.39 is 0 Å². The Labute approximate surface area is 128 Å². The highest BCUT2D eigenvalue weighted by Gasteiger charge is 2.33. The molecule has 112 valence electrons. The van der Waals surface area contributed by atoms with Gasteiger partial charge in [0.2, 0.25) is 0 Å². The second-order valence-electron chi connectivity index (χ2n) is 6.31. The van der Waals surface area contributed by atoms with Crippen molar-refractivity contribution in [3.05, 3.63) is 28.8 Å². The van der Waals surface area contributed by atoms with Gasteiger partial charge in [-0.2, -0.15) is 0 Å². The Bertz CT molecular complexity index is 437. The lowest BCUT2D eigenvalue weighted by molar-refractivity contribution is 0.247. The quantitative estimate of drug-likeness (QED) is 0.822. The van der Waals surface area contributed by atoms with Crippen molar-refractivity contribution in [2.45, 2.75) is 57.9 Å². The minimum Gasteiger partial charge on any atom is -0.378 e. The van der Waals surface area contributed by atoms with E-state index in [0.29, 0.717) is 6.54 Å². The summed E-state index contributed by atoms with van der Waals surface area (Å²) >= 11 is 6.21. The molecule has 0 heterocycles. The summed E-state index contributed by atoms with van der Waals surface area (Å²) in [6.07, 6.45) is 7.56. The molecule has 0 radical (unpaired) electrons. The number of halogens is 1. The number of nitrogens with two attached hydrogens (primary N) is 1. The summed E-state index contributed by atoms with van der Waals surface area (Å²) in [7, 11) is 0. The molecule has 1 saturated carbocycles. The van der Waals surface area contributed by atoms with E-state index in [9.17, 15) is 0 Å². The molecule has 0 aromatic heterocycles. The zero-order valence-corrected chi connectivity index (χ0v) is 13.5. The molecule has 1 aromatic rings. The molecule has 2 nitrogen and oxygen atoms in total. The van der Waals surface area contributed by atoms with E-state index in [2.05, 4.69) is 24.4 Å². The van der Waals surface area contributed by atoms with Crippen molar-refractivity contribution in [2.24, 2.45) is 11.7 Å². The Morgan fingerprint density at radius 2 is 2.05 bits per heavy atom. The van der Waals surface area contributed by atoms with Crippen molar-refractivity contribution < 1.29 is 0 Å². The fraction of sp³-hybridized carbons (Fsp3) is 0.647. The van der Waals surface area contributed by atoms with E-state index >= 15 is 0 Å². The molecule has 0 spiro atoms. The van der Waals surface area contributed by atoms with Gasteiger partial charge < -0.3 is 11.1 Å². The maximum absolute atomic E-state index is 6.21. The van der Waals surface area contributed by atoms with Gasteiger partial charge >= 0.3 is 0 Å². The summed E-state index contributed by atoms with van der Waals surface area (Å²) in [6, 6.07) is 6.20. The van der Waals surface area contributed by atoms with Crippen LogP contribution in [-0.4, -0.2) is 12.1 Å². The van der Waals surface area contributed by atoms with E-state index in [1.165, 1.54) is 38.5 Å².